The number of nitrogens with one attached hydrogen (secondary N) is 2. The van der Waals surface area contributed by atoms with Crippen molar-refractivity contribution in [2.45, 2.75) is 64.0 Å². The third-order valence-corrected chi connectivity index (χ3v) is 4.74. The lowest BCUT2D eigenvalue weighted by molar-refractivity contribution is -0.149. The van der Waals surface area contributed by atoms with Crippen LogP contribution < -0.4 is 10.6 Å². The van der Waals surface area contributed by atoms with Crippen LogP contribution >= 0.6 is 0 Å². The minimum atomic E-state index is -1.18. The van der Waals surface area contributed by atoms with E-state index in [9.17, 15) is 19.5 Å². The molecule has 0 spiro atoms. The van der Waals surface area contributed by atoms with Crippen molar-refractivity contribution in [1.82, 2.24) is 10.6 Å². The molecule has 0 aliphatic heterocycles. The number of aliphatic carboxylic acids is 1. The molecular weight excluding hydrogens is 320 g/mol. The molecule has 3 N–H and O–H groups in total. The second kappa shape index (κ2) is 8.14. The third kappa shape index (κ3) is 5.05. The molecule has 1 aromatic carbocycles. The van der Waals surface area contributed by atoms with Crippen molar-refractivity contribution in [3.8, 4) is 0 Å². The number of carboxylic acids is 1. The van der Waals surface area contributed by atoms with Gasteiger partial charge in [0.1, 0.15) is 5.54 Å². The van der Waals surface area contributed by atoms with Gasteiger partial charge in [0.25, 0.3) is 0 Å². The molecule has 1 aliphatic rings. The molecule has 1 atom stereocenters. The number of hydrogen-bond donors (Lipinski definition) is 3. The largest absolute Gasteiger partial charge is 0.480 e. The van der Waals surface area contributed by atoms with E-state index < -0.39 is 17.6 Å². The Morgan fingerprint density at radius 1 is 1.12 bits per heavy atom. The van der Waals surface area contributed by atoms with Gasteiger partial charge in [-0.2, -0.15) is 0 Å². The van der Waals surface area contributed by atoms with Gasteiger partial charge in [0, 0.05) is 6.92 Å². The van der Waals surface area contributed by atoms with E-state index in [1.807, 2.05) is 31.2 Å². The minimum Gasteiger partial charge on any atom is -0.480 e. The van der Waals surface area contributed by atoms with Crippen LogP contribution in [0.4, 0.5) is 0 Å². The van der Waals surface area contributed by atoms with Crippen molar-refractivity contribution in [2.24, 2.45) is 0 Å². The Balaban J connectivity index is 2.11. The number of amides is 2. The van der Waals surface area contributed by atoms with Crippen molar-refractivity contribution in [3.63, 3.8) is 0 Å². The summed E-state index contributed by atoms with van der Waals surface area (Å²) in [4.78, 5) is 35.7. The van der Waals surface area contributed by atoms with Gasteiger partial charge >= 0.3 is 5.97 Å². The molecule has 1 aliphatic carbocycles. The van der Waals surface area contributed by atoms with Gasteiger partial charge in [0.15, 0.2) is 0 Å². The molecule has 0 heterocycles. The van der Waals surface area contributed by atoms with E-state index in [2.05, 4.69) is 10.6 Å². The number of carboxylic acid groups (broad SMARTS) is 1. The highest BCUT2D eigenvalue weighted by Gasteiger charge is 2.41. The van der Waals surface area contributed by atoms with Crippen LogP contribution in [0.3, 0.4) is 0 Å². The second-order valence-electron chi connectivity index (χ2n) is 6.86. The summed E-state index contributed by atoms with van der Waals surface area (Å²) < 4.78 is 0. The quantitative estimate of drug-likeness (QED) is 0.737. The van der Waals surface area contributed by atoms with Crippen molar-refractivity contribution in [3.05, 3.63) is 35.4 Å². The maximum atomic E-state index is 12.5. The lowest BCUT2D eigenvalue weighted by Gasteiger charge is -2.34. The van der Waals surface area contributed by atoms with Gasteiger partial charge < -0.3 is 15.7 Å². The fourth-order valence-corrected chi connectivity index (χ4v) is 3.35. The van der Waals surface area contributed by atoms with E-state index in [1.54, 1.807) is 0 Å². The summed E-state index contributed by atoms with van der Waals surface area (Å²) in [5.41, 5.74) is 0.731. The molecule has 136 valence electrons. The standard InChI is InChI=1S/C19H26N2O4/c1-13-6-8-15(9-7-13)16(20-14(2)22)12-17(23)21-19(18(24)25)10-4-3-5-11-19/h6-9,16H,3-5,10-12H2,1-2H3,(H,20,22)(H,21,23)(H,24,25). The van der Waals surface area contributed by atoms with Crippen LogP contribution in [0.5, 0.6) is 0 Å². The zero-order chi connectivity index (χ0) is 18.4. The molecule has 25 heavy (non-hydrogen) atoms. The minimum absolute atomic E-state index is 0.0116. The number of carbonyl (C=O) groups excluding carboxylic acids is 2. The van der Waals surface area contributed by atoms with Gasteiger partial charge in [0.05, 0.1) is 12.5 Å². The second-order valence-corrected chi connectivity index (χ2v) is 6.86. The lowest BCUT2D eigenvalue weighted by atomic mass is 9.81. The van der Waals surface area contributed by atoms with Crippen LogP contribution in [0, 0.1) is 6.92 Å². The molecule has 0 radical (unpaired) electrons. The number of rotatable bonds is 6. The highest BCUT2D eigenvalue weighted by molar-refractivity contribution is 5.87. The number of aryl methyl sites for hydroxylation is 1. The summed E-state index contributed by atoms with van der Waals surface area (Å²) in [6.07, 6.45) is 3.48. The Morgan fingerprint density at radius 3 is 2.24 bits per heavy atom. The molecule has 6 nitrogen and oxygen atoms in total. The Kier molecular flexibility index (Phi) is 6.17. The first-order chi connectivity index (χ1) is 11.8. The molecule has 2 amide bonds. The topological polar surface area (TPSA) is 95.5 Å². The Labute approximate surface area is 148 Å². The molecule has 0 bridgehead atoms. The summed E-state index contributed by atoms with van der Waals surface area (Å²) in [5.74, 6) is -1.57. The van der Waals surface area contributed by atoms with E-state index >= 15 is 0 Å². The molecule has 6 heteroatoms. The van der Waals surface area contributed by atoms with E-state index in [-0.39, 0.29) is 18.2 Å². The summed E-state index contributed by atoms with van der Waals surface area (Å²) in [6, 6.07) is 7.10. The first-order valence-electron chi connectivity index (χ1n) is 8.70. The first kappa shape index (κ1) is 19.0. The van der Waals surface area contributed by atoms with Crippen LogP contribution in [-0.2, 0) is 14.4 Å². The van der Waals surface area contributed by atoms with Gasteiger partial charge in [0.2, 0.25) is 11.8 Å². The smallest absolute Gasteiger partial charge is 0.329 e. The van der Waals surface area contributed by atoms with Crippen LogP contribution in [0.15, 0.2) is 24.3 Å². The van der Waals surface area contributed by atoms with Crippen LogP contribution in [0.1, 0.15) is 62.6 Å². The predicted molar refractivity (Wildman–Crippen MR) is 93.9 cm³/mol. The van der Waals surface area contributed by atoms with Crippen molar-refractivity contribution in [1.29, 1.82) is 0 Å². The van der Waals surface area contributed by atoms with E-state index in [0.29, 0.717) is 12.8 Å². The van der Waals surface area contributed by atoms with Gasteiger partial charge in [-0.3, -0.25) is 9.59 Å². The highest BCUT2D eigenvalue weighted by Crippen LogP contribution is 2.29. The van der Waals surface area contributed by atoms with Gasteiger partial charge in [-0.15, -0.1) is 0 Å². The SMILES string of the molecule is CC(=O)NC(CC(=O)NC1(C(=O)O)CCCCC1)c1ccc(C)cc1. The average Bonchev–Trinajstić information content (AvgIpc) is 2.55. The lowest BCUT2D eigenvalue weighted by Crippen LogP contribution is -2.56. The fraction of sp³-hybridized carbons (Fsp3) is 0.526. The zero-order valence-electron chi connectivity index (χ0n) is 14.8. The summed E-state index contributed by atoms with van der Waals surface area (Å²) in [7, 11) is 0. The van der Waals surface area contributed by atoms with Gasteiger partial charge in [-0.1, -0.05) is 49.1 Å². The van der Waals surface area contributed by atoms with Crippen LogP contribution in [0.2, 0.25) is 0 Å². The molecule has 1 fully saturated rings. The van der Waals surface area contributed by atoms with E-state index in [1.165, 1.54) is 6.92 Å². The van der Waals surface area contributed by atoms with Crippen molar-refractivity contribution in [2.75, 3.05) is 0 Å². The normalized spacial score (nSPS) is 17.4. The maximum Gasteiger partial charge on any atom is 0.329 e. The highest BCUT2D eigenvalue weighted by atomic mass is 16.4. The monoisotopic (exact) mass is 346 g/mol. The van der Waals surface area contributed by atoms with Crippen LogP contribution in [-0.4, -0.2) is 28.4 Å². The Morgan fingerprint density at radius 2 is 1.72 bits per heavy atom. The molecule has 1 aromatic rings. The Hall–Kier alpha value is -2.37. The first-order valence-corrected chi connectivity index (χ1v) is 8.70. The van der Waals surface area contributed by atoms with Crippen molar-refractivity contribution < 1.29 is 19.5 Å². The summed E-state index contributed by atoms with van der Waals surface area (Å²) in [6.45, 7) is 3.36. The van der Waals surface area contributed by atoms with E-state index in [0.717, 1.165) is 30.4 Å². The summed E-state index contributed by atoms with van der Waals surface area (Å²) in [5, 5.41) is 15.1. The molecule has 1 unspecified atom stereocenters. The average molecular weight is 346 g/mol. The number of hydrogen-bond acceptors (Lipinski definition) is 3. The molecule has 0 saturated heterocycles. The number of carbonyl (C=O) groups is 3. The number of benzene rings is 1. The van der Waals surface area contributed by atoms with E-state index in [4.69, 9.17) is 0 Å². The third-order valence-electron chi connectivity index (χ3n) is 4.74. The van der Waals surface area contributed by atoms with Gasteiger partial charge in [-0.25, -0.2) is 4.79 Å². The maximum absolute atomic E-state index is 12.5. The molecule has 1 saturated carbocycles. The molecule has 0 aromatic heterocycles. The molecular formula is C19H26N2O4. The fourth-order valence-electron chi connectivity index (χ4n) is 3.35. The predicted octanol–water partition coefficient (Wildman–Crippen LogP) is 2.47. The van der Waals surface area contributed by atoms with Gasteiger partial charge in [-0.05, 0) is 25.3 Å². The zero-order valence-corrected chi connectivity index (χ0v) is 14.8. The Bertz CT molecular complexity index is 633. The van der Waals surface area contributed by atoms with Crippen molar-refractivity contribution >= 4 is 17.8 Å². The molecule has 2 rings (SSSR count). The van der Waals surface area contributed by atoms with Crippen LogP contribution in [0.25, 0.3) is 0 Å². The summed E-state index contributed by atoms with van der Waals surface area (Å²) >= 11 is 0.